The average Bonchev–Trinajstić information content (AvgIpc) is 2.52. The Kier molecular flexibility index (Phi) is 6.17. The van der Waals surface area contributed by atoms with Gasteiger partial charge in [0, 0.05) is 25.7 Å². The number of benzene rings is 1. The Hall–Kier alpha value is -0.950. The molecule has 1 heterocycles. The van der Waals surface area contributed by atoms with Crippen LogP contribution >= 0.6 is 0 Å². The van der Waals surface area contributed by atoms with Crippen LogP contribution in [0, 0.1) is 0 Å². The van der Waals surface area contributed by atoms with Crippen molar-refractivity contribution < 1.29 is 8.42 Å². The second kappa shape index (κ2) is 7.89. The van der Waals surface area contributed by atoms with Crippen molar-refractivity contribution in [3.63, 3.8) is 0 Å². The van der Waals surface area contributed by atoms with E-state index in [1.807, 2.05) is 37.3 Å². The zero-order chi connectivity index (χ0) is 15.1. The molecule has 0 radical (unpaired) electrons. The summed E-state index contributed by atoms with van der Waals surface area (Å²) in [4.78, 5) is 0. The molecule has 1 aliphatic heterocycles. The Morgan fingerprint density at radius 3 is 2.71 bits per heavy atom. The number of hydrogen-bond acceptors (Lipinski definition) is 3. The van der Waals surface area contributed by atoms with Gasteiger partial charge in [0.2, 0.25) is 0 Å². The van der Waals surface area contributed by atoms with Crippen LogP contribution in [0.15, 0.2) is 30.3 Å². The molecule has 1 aromatic carbocycles. The largest absolute Gasteiger partial charge is 0.315 e. The van der Waals surface area contributed by atoms with Gasteiger partial charge in [0.15, 0.2) is 0 Å². The summed E-state index contributed by atoms with van der Waals surface area (Å²) in [5.74, 6) is 0. The number of likely N-dealkylation sites (N-methyl/N-ethyl adjacent to an activating group) is 1. The van der Waals surface area contributed by atoms with Gasteiger partial charge < -0.3 is 5.32 Å². The van der Waals surface area contributed by atoms with E-state index in [4.69, 9.17) is 0 Å². The highest BCUT2D eigenvalue weighted by Gasteiger charge is 2.31. The highest BCUT2D eigenvalue weighted by atomic mass is 32.2. The minimum Gasteiger partial charge on any atom is -0.315 e. The maximum absolute atomic E-state index is 12.5. The molecule has 0 saturated carbocycles. The monoisotopic (exact) mass is 311 g/mol. The number of rotatable bonds is 7. The Morgan fingerprint density at radius 1 is 1.24 bits per heavy atom. The molecule has 0 spiro atoms. The van der Waals surface area contributed by atoms with Crippen LogP contribution < -0.4 is 10.0 Å². The Labute approximate surface area is 127 Å². The van der Waals surface area contributed by atoms with Gasteiger partial charge >= 0.3 is 0 Å². The first-order chi connectivity index (χ1) is 10.1. The molecule has 118 valence electrons. The van der Waals surface area contributed by atoms with Crippen molar-refractivity contribution in [1.29, 1.82) is 0 Å². The fraction of sp³-hybridized carbons (Fsp3) is 0.600. The number of nitrogens with one attached hydrogen (secondary N) is 2. The van der Waals surface area contributed by atoms with E-state index < -0.39 is 10.2 Å². The minimum absolute atomic E-state index is 0.0620. The number of hydrogen-bond donors (Lipinski definition) is 2. The maximum Gasteiger partial charge on any atom is 0.280 e. The third-order valence-electron chi connectivity index (χ3n) is 3.81. The standard InChI is InChI=1S/C15H25N3O2S/c1-2-16-13-15-10-6-7-11-18(15)21(19,20)17-12-14-8-4-3-5-9-14/h3-5,8-9,15-17H,2,6-7,10-13H2,1H3. The molecule has 2 rings (SSSR count). The summed E-state index contributed by atoms with van der Waals surface area (Å²) in [6.45, 7) is 4.58. The van der Waals surface area contributed by atoms with Crippen LogP contribution in [0.4, 0.5) is 0 Å². The average molecular weight is 311 g/mol. The lowest BCUT2D eigenvalue weighted by Crippen LogP contribution is -2.52. The van der Waals surface area contributed by atoms with Crippen LogP contribution in [0.25, 0.3) is 0 Å². The molecule has 1 aliphatic rings. The van der Waals surface area contributed by atoms with Crippen molar-refractivity contribution in [2.75, 3.05) is 19.6 Å². The van der Waals surface area contributed by atoms with E-state index in [0.29, 0.717) is 13.1 Å². The minimum atomic E-state index is -3.42. The van der Waals surface area contributed by atoms with Gasteiger partial charge in [0.05, 0.1) is 0 Å². The number of nitrogens with zero attached hydrogens (tertiary/aromatic N) is 1. The van der Waals surface area contributed by atoms with Crippen molar-refractivity contribution in [3.8, 4) is 0 Å². The first kappa shape index (κ1) is 16.4. The van der Waals surface area contributed by atoms with Gasteiger partial charge in [-0.05, 0) is 24.9 Å². The van der Waals surface area contributed by atoms with Crippen LogP contribution in [0.3, 0.4) is 0 Å². The third kappa shape index (κ3) is 4.78. The first-order valence-corrected chi connectivity index (χ1v) is 9.08. The van der Waals surface area contributed by atoms with E-state index in [9.17, 15) is 8.42 Å². The van der Waals surface area contributed by atoms with Crippen molar-refractivity contribution in [2.24, 2.45) is 0 Å². The van der Waals surface area contributed by atoms with Gasteiger partial charge in [-0.2, -0.15) is 17.4 Å². The quantitative estimate of drug-likeness (QED) is 0.802. The van der Waals surface area contributed by atoms with E-state index in [2.05, 4.69) is 10.0 Å². The second-order valence-corrected chi connectivity index (χ2v) is 7.09. The summed E-state index contributed by atoms with van der Waals surface area (Å²) in [5, 5.41) is 3.26. The lowest BCUT2D eigenvalue weighted by Gasteiger charge is -2.34. The molecule has 2 N–H and O–H groups in total. The highest BCUT2D eigenvalue weighted by Crippen LogP contribution is 2.19. The molecule has 0 bridgehead atoms. The van der Waals surface area contributed by atoms with Gasteiger partial charge in [-0.15, -0.1) is 0 Å². The molecule has 1 unspecified atom stereocenters. The molecule has 6 heteroatoms. The van der Waals surface area contributed by atoms with Crippen molar-refractivity contribution in [2.45, 2.75) is 38.8 Å². The summed E-state index contributed by atoms with van der Waals surface area (Å²) in [7, 11) is -3.42. The second-order valence-electron chi connectivity index (χ2n) is 5.38. The molecule has 1 aromatic rings. The molecule has 0 amide bonds. The highest BCUT2D eigenvalue weighted by molar-refractivity contribution is 7.87. The molecule has 1 atom stereocenters. The van der Waals surface area contributed by atoms with Gasteiger partial charge in [0.25, 0.3) is 10.2 Å². The Balaban J connectivity index is 1.98. The smallest absolute Gasteiger partial charge is 0.280 e. The summed E-state index contributed by atoms with van der Waals surface area (Å²) in [5.41, 5.74) is 0.973. The maximum atomic E-state index is 12.5. The SMILES string of the molecule is CCNCC1CCCCN1S(=O)(=O)NCc1ccccc1. The van der Waals surface area contributed by atoms with Crippen LogP contribution in [0.5, 0.6) is 0 Å². The van der Waals surface area contributed by atoms with E-state index in [1.54, 1.807) is 4.31 Å². The number of piperidine rings is 1. The molecular formula is C15H25N3O2S. The van der Waals surface area contributed by atoms with E-state index in [1.165, 1.54) is 0 Å². The zero-order valence-corrected chi connectivity index (χ0v) is 13.4. The third-order valence-corrected chi connectivity index (χ3v) is 5.42. The van der Waals surface area contributed by atoms with Crippen molar-refractivity contribution in [1.82, 2.24) is 14.3 Å². The molecule has 5 nitrogen and oxygen atoms in total. The lowest BCUT2D eigenvalue weighted by molar-refractivity contribution is 0.243. The van der Waals surface area contributed by atoms with Crippen LogP contribution in [0.1, 0.15) is 31.7 Å². The van der Waals surface area contributed by atoms with Gasteiger partial charge in [-0.3, -0.25) is 0 Å². The summed E-state index contributed by atoms with van der Waals surface area (Å²) in [6.07, 6.45) is 2.97. The molecule has 0 aromatic heterocycles. The van der Waals surface area contributed by atoms with Crippen molar-refractivity contribution in [3.05, 3.63) is 35.9 Å². The summed E-state index contributed by atoms with van der Waals surface area (Å²) in [6, 6.07) is 9.67. The van der Waals surface area contributed by atoms with Crippen LogP contribution in [-0.2, 0) is 16.8 Å². The fourth-order valence-corrected chi connectivity index (χ4v) is 4.12. The lowest BCUT2D eigenvalue weighted by atomic mass is 10.1. The normalized spacial score (nSPS) is 20.5. The molecule has 1 saturated heterocycles. The molecule has 0 aliphatic carbocycles. The molecule has 21 heavy (non-hydrogen) atoms. The van der Waals surface area contributed by atoms with Gasteiger partial charge in [-0.1, -0.05) is 43.7 Å². The summed E-state index contributed by atoms with van der Waals surface area (Å²) < 4.78 is 29.4. The first-order valence-electron chi connectivity index (χ1n) is 7.64. The topological polar surface area (TPSA) is 61.4 Å². The Morgan fingerprint density at radius 2 is 2.00 bits per heavy atom. The van der Waals surface area contributed by atoms with E-state index >= 15 is 0 Å². The predicted molar refractivity (Wildman–Crippen MR) is 85.1 cm³/mol. The van der Waals surface area contributed by atoms with Gasteiger partial charge in [-0.25, -0.2) is 0 Å². The van der Waals surface area contributed by atoms with Crippen LogP contribution in [0.2, 0.25) is 0 Å². The van der Waals surface area contributed by atoms with Crippen molar-refractivity contribution >= 4 is 10.2 Å². The predicted octanol–water partition coefficient (Wildman–Crippen LogP) is 1.49. The van der Waals surface area contributed by atoms with E-state index in [0.717, 1.165) is 37.9 Å². The van der Waals surface area contributed by atoms with Gasteiger partial charge in [0.1, 0.15) is 0 Å². The fourth-order valence-electron chi connectivity index (χ4n) is 2.66. The molecule has 1 fully saturated rings. The van der Waals surface area contributed by atoms with E-state index in [-0.39, 0.29) is 6.04 Å². The Bertz CT molecular complexity index is 519. The zero-order valence-electron chi connectivity index (χ0n) is 12.6. The summed E-state index contributed by atoms with van der Waals surface area (Å²) >= 11 is 0. The molecular weight excluding hydrogens is 286 g/mol. The van der Waals surface area contributed by atoms with Crippen LogP contribution in [-0.4, -0.2) is 38.4 Å².